The van der Waals surface area contributed by atoms with Gasteiger partial charge >= 0.3 is 0 Å². The average Bonchev–Trinajstić information content (AvgIpc) is 2.87. The van der Waals surface area contributed by atoms with Gasteiger partial charge in [0, 0.05) is 11.6 Å². The molecule has 1 atom stereocenters. The fourth-order valence-electron chi connectivity index (χ4n) is 2.49. The molecule has 1 aromatic rings. The number of aryl methyl sites for hydroxylation is 2. The zero-order valence-electron chi connectivity index (χ0n) is 17.8. The Hall–Kier alpha value is -1.63. The second-order valence-electron chi connectivity index (χ2n) is 8.62. The molecule has 0 bridgehead atoms. The van der Waals surface area contributed by atoms with Gasteiger partial charge < -0.3 is 9.47 Å². The van der Waals surface area contributed by atoms with E-state index in [9.17, 15) is 4.79 Å². The Balaban J connectivity index is 1.93. The summed E-state index contributed by atoms with van der Waals surface area (Å²) in [5.41, 5.74) is 2.88. The van der Waals surface area contributed by atoms with Crippen LogP contribution in [0.3, 0.4) is 0 Å². The van der Waals surface area contributed by atoms with Gasteiger partial charge in [-0.2, -0.15) is 0 Å². The Morgan fingerprint density at radius 2 is 1.70 bits per heavy atom. The number of ether oxygens (including phenoxy) is 2. The molecule has 0 radical (unpaired) electrons. The van der Waals surface area contributed by atoms with Crippen LogP contribution in [0.25, 0.3) is 5.76 Å². The molecule has 0 aromatic heterocycles. The van der Waals surface area contributed by atoms with Crippen molar-refractivity contribution >= 4 is 19.9 Å². The quantitative estimate of drug-likeness (QED) is 0.284. The smallest absolute Gasteiger partial charge is 0.238 e. The SMILES string of the molecule is Cc1cc(C2=CC(=O)C(C)O2)cc(C)c1OCCOO[Si](C)(C)C(C)(C)C. The number of hydrogen-bond donors (Lipinski definition) is 0. The van der Waals surface area contributed by atoms with E-state index in [2.05, 4.69) is 33.9 Å². The molecule has 0 fully saturated rings. The van der Waals surface area contributed by atoms with Crippen LogP contribution in [0.2, 0.25) is 18.1 Å². The highest BCUT2D eigenvalue weighted by molar-refractivity contribution is 6.73. The van der Waals surface area contributed by atoms with Crippen molar-refractivity contribution in [3.05, 3.63) is 34.9 Å². The molecule has 0 saturated carbocycles. The predicted octanol–water partition coefficient (Wildman–Crippen LogP) is 4.96. The lowest BCUT2D eigenvalue weighted by Gasteiger charge is -2.34. The number of hydrogen-bond acceptors (Lipinski definition) is 5. The molecule has 1 aliphatic rings. The minimum atomic E-state index is -1.92. The molecule has 1 aliphatic heterocycles. The third kappa shape index (κ3) is 5.21. The van der Waals surface area contributed by atoms with Crippen molar-refractivity contribution in [1.82, 2.24) is 0 Å². The fraction of sp³-hybridized carbons (Fsp3) is 0.571. The lowest BCUT2D eigenvalue weighted by molar-refractivity contribution is -0.224. The highest BCUT2D eigenvalue weighted by Crippen LogP contribution is 2.36. The number of ketones is 1. The molecule has 1 heterocycles. The third-order valence-electron chi connectivity index (χ3n) is 5.21. The summed E-state index contributed by atoms with van der Waals surface area (Å²) < 4.78 is 17.2. The second kappa shape index (κ2) is 8.16. The van der Waals surface area contributed by atoms with Crippen molar-refractivity contribution in [2.45, 2.75) is 65.8 Å². The van der Waals surface area contributed by atoms with Gasteiger partial charge in [-0.3, -0.25) is 9.37 Å². The zero-order valence-corrected chi connectivity index (χ0v) is 18.8. The first-order valence-electron chi connectivity index (χ1n) is 9.39. The zero-order chi connectivity index (χ0) is 20.4. The molecule has 0 spiro atoms. The largest absolute Gasteiger partial charge is 0.491 e. The Labute approximate surface area is 163 Å². The summed E-state index contributed by atoms with van der Waals surface area (Å²) in [6.45, 7) is 17.3. The normalized spacial score (nSPS) is 17.7. The van der Waals surface area contributed by atoms with E-state index >= 15 is 0 Å². The lowest BCUT2D eigenvalue weighted by atomic mass is 10.0. The number of carbonyl (C=O) groups is 1. The molecule has 150 valence electrons. The molecule has 0 amide bonds. The summed E-state index contributed by atoms with van der Waals surface area (Å²) in [5, 5.41) is 0.104. The number of benzene rings is 1. The third-order valence-corrected chi connectivity index (χ3v) is 9.36. The highest BCUT2D eigenvalue weighted by atomic mass is 28.4. The average molecular weight is 393 g/mol. The van der Waals surface area contributed by atoms with Gasteiger partial charge in [0.05, 0.1) is 0 Å². The summed E-state index contributed by atoms with van der Waals surface area (Å²) in [6, 6.07) is 3.96. The van der Waals surface area contributed by atoms with Gasteiger partial charge in [-0.05, 0) is 62.2 Å². The molecule has 6 heteroatoms. The van der Waals surface area contributed by atoms with Gasteiger partial charge in [0.25, 0.3) is 0 Å². The van der Waals surface area contributed by atoms with Gasteiger partial charge in [-0.1, -0.05) is 20.8 Å². The Morgan fingerprint density at radius 1 is 1.11 bits per heavy atom. The van der Waals surface area contributed by atoms with Crippen LogP contribution in [0, 0.1) is 13.8 Å². The van der Waals surface area contributed by atoms with Crippen molar-refractivity contribution in [3.63, 3.8) is 0 Å². The maximum absolute atomic E-state index is 11.7. The summed E-state index contributed by atoms with van der Waals surface area (Å²) in [7, 11) is -1.92. The number of rotatable bonds is 7. The monoisotopic (exact) mass is 392 g/mol. The summed E-state index contributed by atoms with van der Waals surface area (Å²) in [5.74, 6) is 1.45. The van der Waals surface area contributed by atoms with E-state index in [4.69, 9.17) is 18.9 Å². The molecule has 0 saturated heterocycles. The van der Waals surface area contributed by atoms with Gasteiger partial charge in [0.1, 0.15) is 24.7 Å². The first-order chi connectivity index (χ1) is 12.4. The van der Waals surface area contributed by atoms with Crippen molar-refractivity contribution < 1.29 is 23.7 Å². The molecule has 27 heavy (non-hydrogen) atoms. The molecule has 1 aromatic carbocycles. The van der Waals surface area contributed by atoms with E-state index in [1.165, 1.54) is 0 Å². The second-order valence-corrected chi connectivity index (χ2v) is 13.3. The maximum atomic E-state index is 11.7. The molecular weight excluding hydrogens is 360 g/mol. The molecule has 1 unspecified atom stereocenters. The minimum Gasteiger partial charge on any atom is -0.491 e. The molecular formula is C21H32O5Si. The van der Waals surface area contributed by atoms with E-state index in [0.717, 1.165) is 22.4 Å². The van der Waals surface area contributed by atoms with E-state index < -0.39 is 14.4 Å². The fourth-order valence-corrected chi connectivity index (χ4v) is 3.12. The van der Waals surface area contributed by atoms with Crippen molar-refractivity contribution in [1.29, 1.82) is 0 Å². The van der Waals surface area contributed by atoms with E-state index in [-0.39, 0.29) is 10.8 Å². The molecule has 2 rings (SSSR count). The predicted molar refractivity (Wildman–Crippen MR) is 109 cm³/mol. The topological polar surface area (TPSA) is 54.0 Å². The highest BCUT2D eigenvalue weighted by Gasteiger charge is 2.39. The van der Waals surface area contributed by atoms with Crippen LogP contribution in [0.4, 0.5) is 0 Å². The van der Waals surface area contributed by atoms with Crippen LogP contribution in [-0.4, -0.2) is 33.4 Å². The minimum absolute atomic E-state index is 0.000451. The van der Waals surface area contributed by atoms with Crippen LogP contribution < -0.4 is 4.74 Å². The first kappa shape index (κ1) is 21.7. The van der Waals surface area contributed by atoms with Gasteiger partial charge in [0.15, 0.2) is 11.9 Å². The van der Waals surface area contributed by atoms with Crippen molar-refractivity contribution in [3.8, 4) is 5.75 Å². The summed E-state index contributed by atoms with van der Waals surface area (Å²) in [6.07, 6.45) is 1.15. The van der Waals surface area contributed by atoms with Crippen LogP contribution in [0.1, 0.15) is 44.4 Å². The van der Waals surface area contributed by atoms with Gasteiger partial charge in [-0.15, -0.1) is 0 Å². The Bertz CT molecular complexity index is 708. The van der Waals surface area contributed by atoms with E-state index in [1.807, 2.05) is 26.0 Å². The maximum Gasteiger partial charge on any atom is 0.238 e. The standard InChI is InChI=1S/C21H32O5Si/c1-14-11-17(19-13-18(22)16(3)25-19)12-15(2)20(14)23-9-10-24-26-27(7,8)21(4,5)6/h11-13,16H,9-10H2,1-8H3. The van der Waals surface area contributed by atoms with Crippen LogP contribution >= 0.6 is 0 Å². The van der Waals surface area contributed by atoms with Crippen molar-refractivity contribution in [2.75, 3.05) is 13.2 Å². The Morgan fingerprint density at radius 3 is 2.19 bits per heavy atom. The lowest BCUT2D eigenvalue weighted by Crippen LogP contribution is -2.41. The first-order valence-corrected chi connectivity index (χ1v) is 12.3. The van der Waals surface area contributed by atoms with E-state index in [1.54, 1.807) is 13.0 Å². The molecule has 5 nitrogen and oxygen atoms in total. The van der Waals surface area contributed by atoms with Crippen LogP contribution in [-0.2, 0) is 19.0 Å². The Kier molecular flexibility index (Phi) is 6.55. The summed E-state index contributed by atoms with van der Waals surface area (Å²) >= 11 is 0. The van der Waals surface area contributed by atoms with Crippen LogP contribution in [0.15, 0.2) is 18.2 Å². The van der Waals surface area contributed by atoms with Crippen molar-refractivity contribution in [2.24, 2.45) is 0 Å². The number of carbonyl (C=O) groups excluding carboxylic acids is 1. The molecule has 0 aliphatic carbocycles. The van der Waals surface area contributed by atoms with E-state index in [0.29, 0.717) is 19.0 Å². The van der Waals surface area contributed by atoms with Crippen LogP contribution in [0.5, 0.6) is 5.75 Å². The molecule has 0 N–H and O–H groups in total. The van der Waals surface area contributed by atoms with Gasteiger partial charge in [0.2, 0.25) is 8.32 Å². The summed E-state index contributed by atoms with van der Waals surface area (Å²) in [4.78, 5) is 17.1. The van der Waals surface area contributed by atoms with Gasteiger partial charge in [-0.25, -0.2) is 4.89 Å².